The molecule has 1 unspecified atom stereocenters. The monoisotopic (exact) mass is 260 g/mol. The van der Waals surface area contributed by atoms with Gasteiger partial charge >= 0.3 is 0 Å². The van der Waals surface area contributed by atoms with Gasteiger partial charge < -0.3 is 5.32 Å². The minimum atomic E-state index is 0.156. The molecule has 0 aliphatic carbocycles. The zero-order valence-corrected chi connectivity index (χ0v) is 12.9. The van der Waals surface area contributed by atoms with Gasteiger partial charge in [0, 0.05) is 11.6 Å². The average Bonchev–Trinajstić information content (AvgIpc) is 2.40. The van der Waals surface area contributed by atoms with Crippen LogP contribution in [0.2, 0.25) is 0 Å². The smallest absolute Gasteiger partial charge is 0.0499 e. The van der Waals surface area contributed by atoms with E-state index in [9.17, 15) is 0 Å². The largest absolute Gasteiger partial charge is 0.311 e. The van der Waals surface area contributed by atoms with E-state index in [2.05, 4.69) is 62.3 Å². The van der Waals surface area contributed by atoms with Gasteiger partial charge in [-0.25, -0.2) is 0 Å². The normalized spacial score (nSPS) is 19.4. The predicted octanol–water partition coefficient (Wildman–Crippen LogP) is 3.52. The molecule has 1 N–H and O–H groups in total. The molecule has 0 bridgehead atoms. The molecule has 1 atom stereocenters. The summed E-state index contributed by atoms with van der Waals surface area (Å²) in [5, 5.41) is 3.54. The Morgan fingerprint density at radius 1 is 1.16 bits per heavy atom. The second kappa shape index (κ2) is 6.06. The average molecular weight is 260 g/mol. The second-order valence-corrected chi connectivity index (χ2v) is 6.34. The Kier molecular flexibility index (Phi) is 4.64. The van der Waals surface area contributed by atoms with Crippen LogP contribution in [0.4, 0.5) is 0 Å². The van der Waals surface area contributed by atoms with Gasteiger partial charge in [0.1, 0.15) is 0 Å². The zero-order chi connectivity index (χ0) is 13.9. The van der Waals surface area contributed by atoms with Crippen LogP contribution in [-0.4, -0.2) is 30.6 Å². The van der Waals surface area contributed by atoms with E-state index in [1.165, 1.54) is 43.5 Å². The van der Waals surface area contributed by atoms with Crippen LogP contribution >= 0.6 is 0 Å². The molecule has 2 heteroatoms. The van der Waals surface area contributed by atoms with E-state index < -0.39 is 0 Å². The molecule has 1 heterocycles. The van der Waals surface area contributed by atoms with Crippen LogP contribution in [0.1, 0.15) is 50.3 Å². The van der Waals surface area contributed by atoms with Crippen molar-refractivity contribution in [3.05, 3.63) is 35.4 Å². The van der Waals surface area contributed by atoms with Crippen LogP contribution in [0.3, 0.4) is 0 Å². The van der Waals surface area contributed by atoms with Crippen molar-refractivity contribution in [3.8, 4) is 0 Å². The summed E-state index contributed by atoms with van der Waals surface area (Å²) in [6.45, 7) is 9.39. The lowest BCUT2D eigenvalue weighted by molar-refractivity contribution is 0.0633. The number of nitrogens with one attached hydrogen (secondary N) is 1. The molecule has 106 valence electrons. The van der Waals surface area contributed by atoms with Crippen LogP contribution in [0.15, 0.2) is 24.3 Å². The summed E-state index contributed by atoms with van der Waals surface area (Å²) in [5.74, 6) is 0. The third kappa shape index (κ3) is 3.18. The molecule has 1 saturated heterocycles. The predicted molar refractivity (Wildman–Crippen MR) is 82.5 cm³/mol. The highest BCUT2D eigenvalue weighted by atomic mass is 15.2. The van der Waals surface area contributed by atoms with Crippen molar-refractivity contribution in [2.75, 3.05) is 20.1 Å². The van der Waals surface area contributed by atoms with Gasteiger partial charge in [-0.05, 0) is 59.3 Å². The molecular weight excluding hydrogens is 232 g/mol. The third-order valence-corrected chi connectivity index (χ3v) is 4.54. The molecule has 1 fully saturated rings. The summed E-state index contributed by atoms with van der Waals surface area (Å²) in [6, 6.07) is 9.28. The number of likely N-dealkylation sites (tertiary alicyclic amines) is 1. The van der Waals surface area contributed by atoms with Crippen molar-refractivity contribution in [3.63, 3.8) is 0 Å². The molecule has 19 heavy (non-hydrogen) atoms. The first-order valence-corrected chi connectivity index (χ1v) is 7.54. The topological polar surface area (TPSA) is 15.3 Å². The first-order chi connectivity index (χ1) is 9.05. The highest BCUT2D eigenvalue weighted by molar-refractivity contribution is 5.27. The van der Waals surface area contributed by atoms with Gasteiger partial charge in [-0.3, -0.25) is 4.90 Å². The third-order valence-electron chi connectivity index (χ3n) is 4.54. The lowest BCUT2D eigenvalue weighted by atomic mass is 9.85. The maximum Gasteiger partial charge on any atom is 0.0499 e. The van der Waals surface area contributed by atoms with E-state index in [1.807, 2.05) is 0 Å². The Bertz CT molecular complexity index is 405. The van der Waals surface area contributed by atoms with Crippen molar-refractivity contribution in [1.29, 1.82) is 0 Å². The van der Waals surface area contributed by atoms with Crippen LogP contribution in [0.5, 0.6) is 0 Å². The number of rotatable bonds is 4. The van der Waals surface area contributed by atoms with Crippen molar-refractivity contribution < 1.29 is 0 Å². The van der Waals surface area contributed by atoms with Crippen LogP contribution in [0.25, 0.3) is 0 Å². The fourth-order valence-corrected chi connectivity index (χ4v) is 3.43. The van der Waals surface area contributed by atoms with Crippen LogP contribution in [0, 0.1) is 6.92 Å². The standard InChI is InChI=1S/C17H28N2/c1-14-9-8-10-15(13-14)16(18-4)17(2,3)19-11-6-5-7-12-19/h8-10,13,16,18H,5-7,11-12H2,1-4H3. The van der Waals surface area contributed by atoms with Crippen molar-refractivity contribution in [2.45, 2.75) is 51.6 Å². The van der Waals surface area contributed by atoms with Gasteiger partial charge in [0.2, 0.25) is 0 Å². The molecule has 0 amide bonds. The highest BCUT2D eigenvalue weighted by Gasteiger charge is 2.35. The number of hydrogen-bond acceptors (Lipinski definition) is 2. The van der Waals surface area contributed by atoms with Gasteiger partial charge in [-0.1, -0.05) is 36.2 Å². The van der Waals surface area contributed by atoms with Crippen molar-refractivity contribution in [1.82, 2.24) is 10.2 Å². The molecule has 1 aromatic carbocycles. The lowest BCUT2D eigenvalue weighted by Crippen LogP contribution is -2.53. The maximum atomic E-state index is 3.54. The molecule has 0 aromatic heterocycles. The molecule has 1 aromatic rings. The van der Waals surface area contributed by atoms with Gasteiger partial charge in [0.05, 0.1) is 0 Å². The Morgan fingerprint density at radius 2 is 1.84 bits per heavy atom. The Labute approximate surface area is 118 Å². The van der Waals surface area contributed by atoms with E-state index >= 15 is 0 Å². The Morgan fingerprint density at radius 3 is 2.42 bits per heavy atom. The van der Waals surface area contributed by atoms with Gasteiger partial charge in [-0.15, -0.1) is 0 Å². The fraction of sp³-hybridized carbons (Fsp3) is 0.647. The summed E-state index contributed by atoms with van der Waals surface area (Å²) in [4.78, 5) is 2.65. The highest BCUT2D eigenvalue weighted by Crippen LogP contribution is 2.33. The lowest BCUT2D eigenvalue weighted by Gasteiger charge is -2.46. The Hall–Kier alpha value is -0.860. The molecule has 2 nitrogen and oxygen atoms in total. The number of aryl methyl sites for hydroxylation is 1. The van der Waals surface area contributed by atoms with Gasteiger partial charge in [0.25, 0.3) is 0 Å². The zero-order valence-electron chi connectivity index (χ0n) is 12.9. The van der Waals surface area contributed by atoms with E-state index in [1.54, 1.807) is 0 Å². The summed E-state index contributed by atoms with van der Waals surface area (Å²) in [7, 11) is 2.08. The van der Waals surface area contributed by atoms with E-state index in [4.69, 9.17) is 0 Å². The maximum absolute atomic E-state index is 3.54. The number of benzene rings is 1. The molecular formula is C17H28N2. The SMILES string of the molecule is CNC(c1cccc(C)c1)C(C)(C)N1CCCCC1. The quantitative estimate of drug-likeness (QED) is 0.891. The van der Waals surface area contributed by atoms with Gasteiger partial charge in [-0.2, -0.15) is 0 Å². The molecule has 0 spiro atoms. The minimum absolute atomic E-state index is 0.156. The molecule has 2 rings (SSSR count). The molecule has 1 aliphatic heterocycles. The molecule has 0 radical (unpaired) electrons. The van der Waals surface area contributed by atoms with Crippen LogP contribution < -0.4 is 5.32 Å². The second-order valence-electron chi connectivity index (χ2n) is 6.34. The summed E-state index contributed by atoms with van der Waals surface area (Å²) in [5.41, 5.74) is 2.90. The number of piperidine rings is 1. The number of nitrogens with zero attached hydrogens (tertiary/aromatic N) is 1. The first-order valence-electron chi connectivity index (χ1n) is 7.54. The van der Waals surface area contributed by atoms with Gasteiger partial charge in [0.15, 0.2) is 0 Å². The summed E-state index contributed by atoms with van der Waals surface area (Å²) < 4.78 is 0. The summed E-state index contributed by atoms with van der Waals surface area (Å²) >= 11 is 0. The number of likely N-dealkylation sites (N-methyl/N-ethyl adjacent to an activating group) is 1. The van der Waals surface area contributed by atoms with Crippen molar-refractivity contribution >= 4 is 0 Å². The van der Waals surface area contributed by atoms with E-state index in [0.29, 0.717) is 6.04 Å². The van der Waals surface area contributed by atoms with E-state index in [-0.39, 0.29) is 5.54 Å². The molecule has 0 saturated carbocycles. The summed E-state index contributed by atoms with van der Waals surface area (Å²) in [6.07, 6.45) is 4.07. The van der Waals surface area contributed by atoms with Crippen LogP contribution in [-0.2, 0) is 0 Å². The first kappa shape index (κ1) is 14.5. The molecule has 1 aliphatic rings. The van der Waals surface area contributed by atoms with Crippen molar-refractivity contribution in [2.24, 2.45) is 0 Å². The van der Waals surface area contributed by atoms with E-state index in [0.717, 1.165) is 0 Å². The number of hydrogen-bond donors (Lipinski definition) is 1. The Balaban J connectivity index is 2.24. The minimum Gasteiger partial charge on any atom is -0.311 e. The fourth-order valence-electron chi connectivity index (χ4n) is 3.43.